The van der Waals surface area contributed by atoms with Crippen molar-refractivity contribution >= 4 is 10.8 Å². The first-order chi connectivity index (χ1) is 4.16. The zero-order chi connectivity index (χ0) is 6.91. The Morgan fingerprint density at radius 3 is 2.67 bits per heavy atom. The summed E-state index contributed by atoms with van der Waals surface area (Å²) in [6, 6.07) is 0. The van der Waals surface area contributed by atoms with E-state index in [9.17, 15) is 9.32 Å². The molecule has 1 fully saturated rings. The van der Waals surface area contributed by atoms with Crippen LogP contribution < -0.4 is 5.73 Å². The van der Waals surface area contributed by atoms with Gasteiger partial charge in [-0.25, -0.2) is 0 Å². The Labute approximate surface area is 56.7 Å². The van der Waals surface area contributed by atoms with Gasteiger partial charge in [0.2, 0.25) is 0 Å². The molecule has 0 amide bonds. The molecule has 2 unspecified atom stereocenters. The molecular weight excluding hydrogens is 138 g/mol. The molecule has 0 aromatic rings. The maximum absolute atomic E-state index is 10.7. The van der Waals surface area contributed by atoms with Crippen molar-refractivity contribution in [1.82, 2.24) is 0 Å². The van der Waals surface area contributed by atoms with Gasteiger partial charge in [-0.3, -0.25) is 4.21 Å². The van der Waals surface area contributed by atoms with Crippen molar-refractivity contribution in [1.29, 1.82) is 0 Å². The number of aliphatic hydroxyl groups is 1. The lowest BCUT2D eigenvalue weighted by atomic mass is 10.1. The van der Waals surface area contributed by atoms with Gasteiger partial charge < -0.3 is 10.8 Å². The number of hydrogen-bond donors (Lipinski definition) is 2. The van der Waals surface area contributed by atoms with Crippen LogP contribution in [0.1, 0.15) is 6.42 Å². The Hall–Kier alpha value is 0.0700. The topological polar surface area (TPSA) is 63.3 Å². The van der Waals surface area contributed by atoms with Gasteiger partial charge in [-0.05, 0) is 6.42 Å². The summed E-state index contributed by atoms with van der Waals surface area (Å²) >= 11 is 0. The van der Waals surface area contributed by atoms with Crippen LogP contribution in [0.5, 0.6) is 0 Å². The first kappa shape index (κ1) is 7.18. The van der Waals surface area contributed by atoms with Crippen molar-refractivity contribution in [2.24, 2.45) is 5.73 Å². The molecule has 9 heavy (non-hydrogen) atoms. The average Bonchev–Trinajstić information content (AvgIpc) is 2.13. The van der Waals surface area contributed by atoms with Crippen LogP contribution >= 0.6 is 0 Å². The number of hydrogen-bond acceptors (Lipinski definition) is 3. The fourth-order valence-electron chi connectivity index (χ4n) is 0.909. The zero-order valence-corrected chi connectivity index (χ0v) is 5.99. The minimum absolute atomic E-state index is 0.235. The summed E-state index contributed by atoms with van der Waals surface area (Å²) in [4.78, 5) is 0. The van der Waals surface area contributed by atoms with Crippen LogP contribution in [-0.2, 0) is 10.8 Å². The highest BCUT2D eigenvalue weighted by molar-refractivity contribution is 7.85. The second-order valence-electron chi connectivity index (χ2n) is 2.47. The monoisotopic (exact) mass is 149 g/mol. The van der Waals surface area contributed by atoms with Crippen LogP contribution in [-0.4, -0.2) is 33.0 Å². The molecule has 0 spiro atoms. The third-order valence-electron chi connectivity index (χ3n) is 1.60. The molecule has 0 saturated carbocycles. The van der Waals surface area contributed by atoms with E-state index in [-0.39, 0.29) is 6.54 Å². The molecule has 1 aliphatic heterocycles. The molecule has 0 radical (unpaired) electrons. The van der Waals surface area contributed by atoms with Crippen LogP contribution in [0.3, 0.4) is 0 Å². The normalized spacial score (nSPS) is 43.6. The van der Waals surface area contributed by atoms with E-state index in [2.05, 4.69) is 0 Å². The molecule has 1 aliphatic rings. The molecule has 3 nitrogen and oxygen atoms in total. The van der Waals surface area contributed by atoms with Crippen LogP contribution in [0.25, 0.3) is 0 Å². The van der Waals surface area contributed by atoms with Crippen molar-refractivity contribution < 1.29 is 9.32 Å². The predicted octanol–water partition coefficient (Wildman–Crippen LogP) is -1.17. The van der Waals surface area contributed by atoms with Gasteiger partial charge in [0.25, 0.3) is 0 Å². The molecular formula is C5H11NO2S. The van der Waals surface area contributed by atoms with E-state index < -0.39 is 16.4 Å². The molecule has 2 atom stereocenters. The zero-order valence-electron chi connectivity index (χ0n) is 5.17. The molecule has 1 rings (SSSR count). The first-order valence-corrected chi connectivity index (χ1v) is 4.42. The van der Waals surface area contributed by atoms with E-state index >= 15 is 0 Å². The molecule has 3 N–H and O–H groups in total. The fraction of sp³-hybridized carbons (Fsp3) is 1.00. The van der Waals surface area contributed by atoms with E-state index in [1.54, 1.807) is 0 Å². The van der Waals surface area contributed by atoms with E-state index in [0.29, 0.717) is 17.9 Å². The number of nitrogens with two attached hydrogens (primary N) is 1. The largest absolute Gasteiger partial charge is 0.388 e. The molecule has 1 heterocycles. The predicted molar refractivity (Wildman–Crippen MR) is 36.5 cm³/mol. The quantitative estimate of drug-likeness (QED) is 0.494. The van der Waals surface area contributed by atoms with E-state index in [0.717, 1.165) is 0 Å². The summed E-state index contributed by atoms with van der Waals surface area (Å²) in [7, 11) is -0.822. The summed E-state index contributed by atoms with van der Waals surface area (Å²) in [5.41, 5.74) is 4.43. The molecule has 0 aromatic carbocycles. The van der Waals surface area contributed by atoms with Gasteiger partial charge in [-0.1, -0.05) is 0 Å². The van der Waals surface area contributed by atoms with Gasteiger partial charge >= 0.3 is 0 Å². The van der Waals surface area contributed by atoms with Crippen LogP contribution in [0.2, 0.25) is 0 Å². The van der Waals surface area contributed by atoms with Gasteiger partial charge in [0, 0.05) is 23.1 Å². The van der Waals surface area contributed by atoms with Crippen molar-refractivity contribution in [3.8, 4) is 0 Å². The van der Waals surface area contributed by atoms with Gasteiger partial charge in [-0.15, -0.1) is 0 Å². The van der Waals surface area contributed by atoms with Gasteiger partial charge in [0.15, 0.2) is 0 Å². The van der Waals surface area contributed by atoms with Crippen LogP contribution in [0.4, 0.5) is 0 Å². The third kappa shape index (κ3) is 1.50. The smallest absolute Gasteiger partial charge is 0.0892 e. The lowest BCUT2D eigenvalue weighted by Gasteiger charge is -2.16. The highest BCUT2D eigenvalue weighted by Gasteiger charge is 2.33. The van der Waals surface area contributed by atoms with Gasteiger partial charge in [0.1, 0.15) is 0 Å². The summed E-state index contributed by atoms with van der Waals surface area (Å²) in [6.45, 7) is 0.235. The standard InChI is InChI=1S/C5H11NO2S/c6-3-5(7)1-2-9(8)4-5/h7H,1-4,6H2. The third-order valence-corrected chi connectivity index (χ3v) is 3.12. The van der Waals surface area contributed by atoms with E-state index in [4.69, 9.17) is 5.73 Å². The average molecular weight is 149 g/mol. The minimum atomic E-state index is -0.822. The second-order valence-corrected chi connectivity index (χ2v) is 4.04. The maximum Gasteiger partial charge on any atom is 0.0892 e. The second kappa shape index (κ2) is 2.36. The lowest BCUT2D eigenvalue weighted by molar-refractivity contribution is 0.0772. The van der Waals surface area contributed by atoms with Crippen molar-refractivity contribution in [3.05, 3.63) is 0 Å². The van der Waals surface area contributed by atoms with Crippen molar-refractivity contribution in [2.45, 2.75) is 12.0 Å². The van der Waals surface area contributed by atoms with Crippen LogP contribution in [0.15, 0.2) is 0 Å². The Morgan fingerprint density at radius 2 is 2.44 bits per heavy atom. The summed E-state index contributed by atoms with van der Waals surface area (Å²) < 4.78 is 10.7. The molecule has 4 heteroatoms. The lowest BCUT2D eigenvalue weighted by Crippen LogP contribution is -2.38. The molecule has 0 aromatic heterocycles. The maximum atomic E-state index is 10.7. The molecule has 0 bridgehead atoms. The van der Waals surface area contributed by atoms with Crippen molar-refractivity contribution in [3.63, 3.8) is 0 Å². The minimum Gasteiger partial charge on any atom is -0.388 e. The van der Waals surface area contributed by atoms with Crippen LogP contribution in [0, 0.1) is 0 Å². The number of rotatable bonds is 1. The molecule has 54 valence electrons. The Balaban J connectivity index is 2.54. The summed E-state index contributed by atoms with van der Waals surface area (Å²) in [6.07, 6.45) is 0.593. The van der Waals surface area contributed by atoms with E-state index in [1.165, 1.54) is 0 Å². The highest BCUT2D eigenvalue weighted by atomic mass is 32.2. The van der Waals surface area contributed by atoms with Crippen molar-refractivity contribution in [2.75, 3.05) is 18.1 Å². The SMILES string of the molecule is NCC1(O)CCS(=O)C1. The van der Waals surface area contributed by atoms with Gasteiger partial charge in [-0.2, -0.15) is 0 Å². The Morgan fingerprint density at radius 1 is 1.78 bits per heavy atom. The molecule has 0 aliphatic carbocycles. The van der Waals surface area contributed by atoms with Gasteiger partial charge in [0.05, 0.1) is 11.4 Å². The highest BCUT2D eigenvalue weighted by Crippen LogP contribution is 2.18. The summed E-state index contributed by atoms with van der Waals surface area (Å²) in [5.74, 6) is 0.969. The fourth-order valence-corrected chi connectivity index (χ4v) is 2.52. The van der Waals surface area contributed by atoms with E-state index in [1.807, 2.05) is 0 Å². The molecule has 1 saturated heterocycles. The Bertz CT molecular complexity index is 139. The summed E-state index contributed by atoms with van der Waals surface area (Å²) in [5, 5.41) is 9.35. The Kier molecular flexibility index (Phi) is 1.88. The first-order valence-electron chi connectivity index (χ1n) is 2.94.